The number of hydrogen-bond acceptors (Lipinski definition) is 4. The van der Waals surface area contributed by atoms with E-state index in [0.717, 1.165) is 19.3 Å². The van der Waals surface area contributed by atoms with Gasteiger partial charge < -0.3 is 19.9 Å². The molecule has 1 saturated heterocycles. The van der Waals surface area contributed by atoms with E-state index in [0.29, 0.717) is 19.8 Å². The molecule has 1 fully saturated rings. The third kappa shape index (κ3) is 4.92. The number of amides is 1. The Hall–Kier alpha value is -0.650. The van der Waals surface area contributed by atoms with E-state index in [1.54, 1.807) is 0 Å². The lowest BCUT2D eigenvalue weighted by Gasteiger charge is -2.11. The Labute approximate surface area is 96.1 Å². The maximum Gasteiger partial charge on any atom is 0.249 e. The van der Waals surface area contributed by atoms with Crippen molar-refractivity contribution in [1.82, 2.24) is 5.32 Å². The second-order valence-corrected chi connectivity index (χ2v) is 3.99. The lowest BCUT2D eigenvalue weighted by Crippen LogP contribution is -2.35. The summed E-state index contributed by atoms with van der Waals surface area (Å²) in [5.74, 6) is -0.0218. The molecule has 1 aliphatic rings. The zero-order valence-corrected chi connectivity index (χ0v) is 9.78. The maximum absolute atomic E-state index is 11.6. The van der Waals surface area contributed by atoms with Gasteiger partial charge in [-0.2, -0.15) is 0 Å². The van der Waals surface area contributed by atoms with Gasteiger partial charge in [0.2, 0.25) is 5.91 Å². The van der Waals surface area contributed by atoms with Crippen LogP contribution in [0.2, 0.25) is 0 Å². The fourth-order valence-electron chi connectivity index (χ4n) is 1.66. The molecule has 0 radical (unpaired) electrons. The molecule has 1 rings (SSSR count). The fourth-order valence-corrected chi connectivity index (χ4v) is 1.66. The molecule has 0 saturated carbocycles. The standard InChI is InChI=1S/C11H21NO4/c1-9-3-4-10(16-9)11(14)12-5-2-7-15-8-6-13/h9-10,13H,2-8H2,1H3,(H,12,14). The number of aliphatic hydroxyl groups excluding tert-OH is 1. The first-order valence-corrected chi connectivity index (χ1v) is 5.86. The normalized spacial score (nSPS) is 24.6. The SMILES string of the molecule is CC1CCC(C(=O)NCCCOCCO)O1. The van der Waals surface area contributed by atoms with Crippen molar-refractivity contribution in [3.63, 3.8) is 0 Å². The van der Waals surface area contributed by atoms with Gasteiger partial charge in [-0.25, -0.2) is 0 Å². The number of hydrogen-bond donors (Lipinski definition) is 2. The predicted octanol–water partition coefficient (Wildman–Crippen LogP) is 0.0691. The lowest BCUT2D eigenvalue weighted by molar-refractivity contribution is -0.131. The average molecular weight is 231 g/mol. The summed E-state index contributed by atoms with van der Waals surface area (Å²) in [5.41, 5.74) is 0. The van der Waals surface area contributed by atoms with Gasteiger partial charge in [-0.1, -0.05) is 0 Å². The number of nitrogens with one attached hydrogen (secondary N) is 1. The number of rotatable bonds is 7. The molecule has 2 N–H and O–H groups in total. The van der Waals surface area contributed by atoms with Crippen LogP contribution < -0.4 is 5.32 Å². The molecule has 2 atom stereocenters. The van der Waals surface area contributed by atoms with Crippen LogP contribution in [-0.4, -0.2) is 49.6 Å². The van der Waals surface area contributed by atoms with Gasteiger partial charge in [0.15, 0.2) is 0 Å². The van der Waals surface area contributed by atoms with Gasteiger partial charge in [0.25, 0.3) is 0 Å². The van der Waals surface area contributed by atoms with Crippen molar-refractivity contribution in [1.29, 1.82) is 0 Å². The Kier molecular flexibility index (Phi) is 6.37. The van der Waals surface area contributed by atoms with Gasteiger partial charge in [-0.15, -0.1) is 0 Å². The Morgan fingerprint density at radius 3 is 2.94 bits per heavy atom. The summed E-state index contributed by atoms with van der Waals surface area (Å²) in [6, 6.07) is 0. The maximum atomic E-state index is 11.6. The molecule has 1 aliphatic heterocycles. The highest BCUT2D eigenvalue weighted by Gasteiger charge is 2.27. The molecule has 0 aromatic heterocycles. The van der Waals surface area contributed by atoms with E-state index in [-0.39, 0.29) is 24.7 Å². The van der Waals surface area contributed by atoms with E-state index >= 15 is 0 Å². The number of ether oxygens (including phenoxy) is 2. The quantitative estimate of drug-likeness (QED) is 0.608. The molecular weight excluding hydrogens is 210 g/mol. The molecule has 0 aliphatic carbocycles. The fraction of sp³-hybridized carbons (Fsp3) is 0.909. The Balaban J connectivity index is 1.98. The van der Waals surface area contributed by atoms with Crippen molar-refractivity contribution < 1.29 is 19.4 Å². The zero-order chi connectivity index (χ0) is 11.8. The van der Waals surface area contributed by atoms with Crippen molar-refractivity contribution in [2.45, 2.75) is 38.4 Å². The summed E-state index contributed by atoms with van der Waals surface area (Å²) in [4.78, 5) is 11.6. The molecule has 1 heterocycles. The Morgan fingerprint density at radius 2 is 2.31 bits per heavy atom. The lowest BCUT2D eigenvalue weighted by atomic mass is 10.2. The van der Waals surface area contributed by atoms with Gasteiger partial charge in [0.1, 0.15) is 6.10 Å². The molecular formula is C11H21NO4. The van der Waals surface area contributed by atoms with Crippen molar-refractivity contribution in [3.8, 4) is 0 Å². The van der Waals surface area contributed by atoms with Crippen LogP contribution in [0.5, 0.6) is 0 Å². The highest BCUT2D eigenvalue weighted by atomic mass is 16.5. The van der Waals surface area contributed by atoms with Crippen LogP contribution in [0, 0.1) is 0 Å². The molecule has 94 valence electrons. The van der Waals surface area contributed by atoms with Crippen LogP contribution in [0.15, 0.2) is 0 Å². The summed E-state index contributed by atoms with van der Waals surface area (Å²) in [6.07, 6.45) is 2.46. The number of carbonyl (C=O) groups excluding carboxylic acids is 1. The van der Waals surface area contributed by atoms with Gasteiger partial charge in [-0.3, -0.25) is 4.79 Å². The first-order valence-electron chi connectivity index (χ1n) is 5.86. The van der Waals surface area contributed by atoms with Crippen molar-refractivity contribution in [2.24, 2.45) is 0 Å². The minimum atomic E-state index is -0.270. The van der Waals surface area contributed by atoms with Gasteiger partial charge in [0.05, 0.1) is 19.3 Å². The largest absolute Gasteiger partial charge is 0.394 e. The van der Waals surface area contributed by atoms with Crippen LogP contribution in [0.4, 0.5) is 0 Å². The molecule has 0 spiro atoms. The summed E-state index contributed by atoms with van der Waals surface area (Å²) >= 11 is 0. The Bertz CT molecular complexity index is 210. The predicted molar refractivity (Wildman–Crippen MR) is 59.1 cm³/mol. The van der Waals surface area contributed by atoms with Crippen molar-refractivity contribution in [2.75, 3.05) is 26.4 Å². The van der Waals surface area contributed by atoms with Gasteiger partial charge >= 0.3 is 0 Å². The average Bonchev–Trinajstić information content (AvgIpc) is 2.70. The van der Waals surface area contributed by atoms with Crippen LogP contribution in [0.1, 0.15) is 26.2 Å². The smallest absolute Gasteiger partial charge is 0.249 e. The van der Waals surface area contributed by atoms with Crippen LogP contribution >= 0.6 is 0 Å². The molecule has 16 heavy (non-hydrogen) atoms. The minimum absolute atomic E-state index is 0.0218. The van der Waals surface area contributed by atoms with E-state index in [1.165, 1.54) is 0 Å². The monoisotopic (exact) mass is 231 g/mol. The first kappa shape index (κ1) is 13.4. The second kappa shape index (κ2) is 7.60. The van der Waals surface area contributed by atoms with Crippen LogP contribution in [-0.2, 0) is 14.3 Å². The van der Waals surface area contributed by atoms with Gasteiger partial charge in [0, 0.05) is 13.2 Å². The van der Waals surface area contributed by atoms with Crippen LogP contribution in [0.3, 0.4) is 0 Å². The van der Waals surface area contributed by atoms with E-state index in [2.05, 4.69) is 5.32 Å². The Morgan fingerprint density at radius 1 is 1.50 bits per heavy atom. The summed E-state index contributed by atoms with van der Waals surface area (Å²) in [6.45, 7) is 3.54. The molecule has 0 bridgehead atoms. The topological polar surface area (TPSA) is 67.8 Å². The molecule has 5 nitrogen and oxygen atoms in total. The zero-order valence-electron chi connectivity index (χ0n) is 9.78. The molecule has 0 aromatic carbocycles. The van der Waals surface area contributed by atoms with Gasteiger partial charge in [-0.05, 0) is 26.2 Å². The van der Waals surface area contributed by atoms with Crippen molar-refractivity contribution in [3.05, 3.63) is 0 Å². The second-order valence-electron chi connectivity index (χ2n) is 3.99. The highest BCUT2D eigenvalue weighted by Crippen LogP contribution is 2.18. The third-order valence-electron chi connectivity index (χ3n) is 2.52. The number of carbonyl (C=O) groups is 1. The summed E-state index contributed by atoms with van der Waals surface area (Å²) < 4.78 is 10.5. The highest BCUT2D eigenvalue weighted by molar-refractivity contribution is 5.80. The van der Waals surface area contributed by atoms with E-state index in [4.69, 9.17) is 14.6 Å². The van der Waals surface area contributed by atoms with Crippen LogP contribution in [0.25, 0.3) is 0 Å². The van der Waals surface area contributed by atoms with E-state index < -0.39 is 0 Å². The van der Waals surface area contributed by atoms with E-state index in [9.17, 15) is 4.79 Å². The summed E-state index contributed by atoms with van der Waals surface area (Å²) in [5, 5.41) is 11.3. The van der Waals surface area contributed by atoms with E-state index in [1.807, 2.05) is 6.92 Å². The first-order chi connectivity index (χ1) is 7.74. The summed E-state index contributed by atoms with van der Waals surface area (Å²) in [7, 11) is 0. The molecule has 2 unspecified atom stereocenters. The minimum Gasteiger partial charge on any atom is -0.394 e. The third-order valence-corrected chi connectivity index (χ3v) is 2.52. The molecule has 1 amide bonds. The molecule has 5 heteroatoms. The number of aliphatic hydroxyl groups is 1. The van der Waals surface area contributed by atoms with Crippen molar-refractivity contribution >= 4 is 5.91 Å². The molecule has 0 aromatic rings.